The summed E-state index contributed by atoms with van der Waals surface area (Å²) < 4.78 is 32.3. The monoisotopic (exact) mass is 496 g/mol. The van der Waals surface area contributed by atoms with Gasteiger partial charge >= 0.3 is 0 Å². The lowest BCUT2D eigenvalue weighted by molar-refractivity contribution is -0.116. The summed E-state index contributed by atoms with van der Waals surface area (Å²) in [4.78, 5) is 25.8. The molecule has 0 saturated heterocycles. The molecule has 3 aromatic rings. The lowest BCUT2D eigenvalue weighted by Crippen LogP contribution is -2.35. The van der Waals surface area contributed by atoms with Crippen LogP contribution in [0.2, 0.25) is 10.0 Å². The molecule has 0 aliphatic heterocycles. The van der Waals surface area contributed by atoms with Crippen molar-refractivity contribution < 1.29 is 22.5 Å². The molecule has 0 aliphatic carbocycles. The quantitative estimate of drug-likeness (QED) is 0.512. The van der Waals surface area contributed by atoms with Crippen molar-refractivity contribution in [2.24, 2.45) is 0 Å². The minimum atomic E-state index is -3.90. The van der Waals surface area contributed by atoms with Crippen molar-refractivity contribution in [3.63, 3.8) is 0 Å². The molecule has 32 heavy (non-hydrogen) atoms. The smallest absolute Gasteiger partial charge is 0.261 e. The van der Waals surface area contributed by atoms with E-state index < -0.39 is 21.8 Å². The number of halogens is 2. The molecular formula is C20H18Cl2N4O5S. The Kier molecular flexibility index (Phi) is 7.07. The maximum atomic E-state index is 12.6. The molecule has 0 unspecified atom stereocenters. The van der Waals surface area contributed by atoms with Crippen molar-refractivity contribution >= 4 is 56.5 Å². The number of nitrogens with zero attached hydrogens (tertiary/aromatic N) is 2. The number of hydrogen-bond acceptors (Lipinski definition) is 6. The molecule has 2 amide bonds. The zero-order chi connectivity index (χ0) is 23.5. The highest BCUT2D eigenvalue weighted by molar-refractivity contribution is 7.92. The minimum absolute atomic E-state index is 0.0555. The normalized spacial score (nSPS) is 11.1. The molecule has 1 heterocycles. The first-order chi connectivity index (χ1) is 15.0. The van der Waals surface area contributed by atoms with Gasteiger partial charge in [0.25, 0.3) is 15.9 Å². The molecule has 3 rings (SSSR count). The van der Waals surface area contributed by atoms with E-state index in [0.717, 1.165) is 0 Å². The zero-order valence-electron chi connectivity index (χ0n) is 16.9. The highest BCUT2D eigenvalue weighted by atomic mass is 35.5. The molecule has 1 aromatic heterocycles. The molecule has 0 atom stereocenters. The van der Waals surface area contributed by atoms with Crippen molar-refractivity contribution in [3.05, 3.63) is 69.9 Å². The number of amides is 2. The van der Waals surface area contributed by atoms with Crippen molar-refractivity contribution in [1.29, 1.82) is 0 Å². The first kappa shape index (κ1) is 23.6. The molecule has 2 N–H and O–H groups in total. The first-order valence-electron chi connectivity index (χ1n) is 9.12. The standard InChI is InChI=1S/C20H18Cl2N4O5S/c1-12-9-18(24-31-12)23-19(27)11-26(2)20(28)13-3-5-14(6-4-13)25-32(29,30)15-7-8-16(21)17(22)10-15/h3-10,25H,11H2,1-2H3,(H,23,24,27). The van der Waals surface area contributed by atoms with E-state index in [1.807, 2.05) is 0 Å². The molecule has 9 nitrogen and oxygen atoms in total. The SMILES string of the molecule is Cc1cc(NC(=O)CN(C)C(=O)c2ccc(NS(=O)(=O)c3ccc(Cl)c(Cl)c3)cc2)no1. The van der Waals surface area contributed by atoms with Crippen LogP contribution in [0.5, 0.6) is 0 Å². The summed E-state index contributed by atoms with van der Waals surface area (Å²) in [5.41, 5.74) is 0.518. The number of likely N-dealkylation sites (N-methyl/N-ethyl adjacent to an activating group) is 1. The second-order valence-electron chi connectivity index (χ2n) is 6.79. The van der Waals surface area contributed by atoms with Gasteiger partial charge < -0.3 is 14.7 Å². The highest BCUT2D eigenvalue weighted by Crippen LogP contribution is 2.26. The number of anilines is 2. The fourth-order valence-corrected chi connectivity index (χ4v) is 4.10. The van der Waals surface area contributed by atoms with E-state index in [0.29, 0.717) is 5.76 Å². The van der Waals surface area contributed by atoms with Gasteiger partial charge in [-0.25, -0.2) is 8.42 Å². The lowest BCUT2D eigenvalue weighted by Gasteiger charge is -2.16. The summed E-state index contributed by atoms with van der Waals surface area (Å²) in [6.07, 6.45) is 0. The van der Waals surface area contributed by atoms with Gasteiger partial charge in [0.1, 0.15) is 5.76 Å². The number of rotatable bonds is 7. The van der Waals surface area contributed by atoms with Crippen molar-refractivity contribution in [1.82, 2.24) is 10.1 Å². The fraction of sp³-hybridized carbons (Fsp3) is 0.150. The van der Waals surface area contributed by atoms with E-state index >= 15 is 0 Å². The van der Waals surface area contributed by atoms with Gasteiger partial charge in [0.15, 0.2) is 5.82 Å². The number of sulfonamides is 1. The van der Waals surface area contributed by atoms with Gasteiger partial charge in [-0.1, -0.05) is 28.4 Å². The highest BCUT2D eigenvalue weighted by Gasteiger charge is 2.18. The third kappa shape index (κ3) is 5.78. The van der Waals surface area contributed by atoms with E-state index in [1.165, 1.54) is 54.4 Å². The Balaban J connectivity index is 1.63. The van der Waals surface area contributed by atoms with Crippen LogP contribution in [0.1, 0.15) is 16.1 Å². The van der Waals surface area contributed by atoms with Crippen LogP contribution < -0.4 is 10.0 Å². The van der Waals surface area contributed by atoms with Gasteiger partial charge in [-0.3, -0.25) is 14.3 Å². The molecule has 2 aromatic carbocycles. The van der Waals surface area contributed by atoms with Gasteiger partial charge in [-0.05, 0) is 49.4 Å². The summed E-state index contributed by atoms with van der Waals surface area (Å²) in [5.74, 6) is -0.0675. The summed E-state index contributed by atoms with van der Waals surface area (Å²) in [6.45, 7) is 1.48. The van der Waals surface area contributed by atoms with Gasteiger partial charge in [-0.15, -0.1) is 0 Å². The molecule has 168 valence electrons. The molecule has 0 aliphatic rings. The van der Waals surface area contributed by atoms with Gasteiger partial charge in [0.2, 0.25) is 5.91 Å². The van der Waals surface area contributed by atoms with Crippen LogP contribution in [0.3, 0.4) is 0 Å². The Morgan fingerprint density at radius 3 is 2.34 bits per heavy atom. The van der Waals surface area contributed by atoms with Crippen molar-refractivity contribution in [3.8, 4) is 0 Å². The van der Waals surface area contributed by atoms with E-state index in [-0.39, 0.29) is 38.6 Å². The molecule has 0 spiro atoms. The maximum Gasteiger partial charge on any atom is 0.261 e. The second-order valence-corrected chi connectivity index (χ2v) is 9.29. The van der Waals surface area contributed by atoms with Gasteiger partial charge in [0, 0.05) is 24.4 Å². The predicted octanol–water partition coefficient (Wildman–Crippen LogP) is 3.80. The van der Waals surface area contributed by atoms with Crippen LogP contribution >= 0.6 is 23.2 Å². The van der Waals surface area contributed by atoms with Gasteiger partial charge in [0.05, 0.1) is 21.5 Å². The topological polar surface area (TPSA) is 122 Å². The van der Waals surface area contributed by atoms with E-state index in [2.05, 4.69) is 15.2 Å². The summed E-state index contributed by atoms with van der Waals surface area (Å²) in [6, 6.07) is 11.3. The largest absolute Gasteiger partial charge is 0.360 e. The van der Waals surface area contributed by atoms with Gasteiger partial charge in [-0.2, -0.15) is 0 Å². The van der Waals surface area contributed by atoms with Crippen LogP contribution in [-0.2, 0) is 14.8 Å². The third-order valence-corrected chi connectivity index (χ3v) is 6.33. The van der Waals surface area contributed by atoms with Crippen molar-refractivity contribution in [2.75, 3.05) is 23.6 Å². The number of carbonyl (C=O) groups excluding carboxylic acids is 2. The number of aromatic nitrogens is 1. The molecule has 0 saturated carbocycles. The van der Waals surface area contributed by atoms with Crippen LogP contribution in [0.15, 0.2) is 57.9 Å². The van der Waals surface area contributed by atoms with Crippen LogP contribution in [0.25, 0.3) is 0 Å². The fourth-order valence-electron chi connectivity index (χ4n) is 2.65. The van der Waals surface area contributed by atoms with E-state index in [4.69, 9.17) is 27.7 Å². The Labute approximate surface area is 194 Å². The zero-order valence-corrected chi connectivity index (χ0v) is 19.3. The molecular weight excluding hydrogens is 479 g/mol. The number of hydrogen-bond donors (Lipinski definition) is 2. The number of carbonyl (C=O) groups is 2. The second kappa shape index (κ2) is 9.60. The Morgan fingerprint density at radius 1 is 1.06 bits per heavy atom. The van der Waals surface area contributed by atoms with Crippen LogP contribution in [0, 0.1) is 6.92 Å². The molecule has 0 bridgehead atoms. The molecule has 12 heteroatoms. The Hall–Kier alpha value is -3.08. The third-order valence-electron chi connectivity index (χ3n) is 4.21. The average Bonchev–Trinajstić information content (AvgIpc) is 3.14. The molecule has 0 radical (unpaired) electrons. The average molecular weight is 497 g/mol. The number of aryl methyl sites for hydroxylation is 1. The Bertz CT molecular complexity index is 1260. The lowest BCUT2D eigenvalue weighted by atomic mass is 10.2. The predicted molar refractivity (Wildman–Crippen MR) is 121 cm³/mol. The first-order valence-corrected chi connectivity index (χ1v) is 11.4. The van der Waals surface area contributed by atoms with E-state index in [1.54, 1.807) is 13.0 Å². The summed E-state index contributed by atoms with van der Waals surface area (Å²) in [7, 11) is -2.43. The number of benzene rings is 2. The summed E-state index contributed by atoms with van der Waals surface area (Å²) in [5, 5.41) is 6.53. The molecule has 0 fully saturated rings. The van der Waals surface area contributed by atoms with Crippen LogP contribution in [-0.4, -0.2) is 43.9 Å². The van der Waals surface area contributed by atoms with Crippen LogP contribution in [0.4, 0.5) is 11.5 Å². The maximum absolute atomic E-state index is 12.6. The Morgan fingerprint density at radius 2 is 1.75 bits per heavy atom. The summed E-state index contributed by atoms with van der Waals surface area (Å²) >= 11 is 11.7. The number of nitrogens with one attached hydrogen (secondary N) is 2. The minimum Gasteiger partial charge on any atom is -0.360 e. The van der Waals surface area contributed by atoms with E-state index in [9.17, 15) is 18.0 Å². The van der Waals surface area contributed by atoms with Crippen molar-refractivity contribution in [2.45, 2.75) is 11.8 Å².